The summed E-state index contributed by atoms with van der Waals surface area (Å²) in [6.07, 6.45) is -0.101. The maximum Gasteiger partial charge on any atom is 0.322 e. The number of halogens is 1. The number of anilines is 2. The lowest BCUT2D eigenvalue weighted by Crippen LogP contribution is -2.44. The first-order chi connectivity index (χ1) is 12.6. The fraction of sp³-hybridized carbons (Fsp3) is 0.350. The molecule has 0 saturated carbocycles. The van der Waals surface area contributed by atoms with Crippen LogP contribution < -0.4 is 10.2 Å². The number of carbonyl (C=O) groups is 1. The predicted octanol–water partition coefficient (Wildman–Crippen LogP) is 4.51. The molecule has 1 unspecified atom stereocenters. The van der Waals surface area contributed by atoms with Crippen molar-refractivity contribution in [1.29, 1.82) is 0 Å². The molecule has 3 rings (SSSR count). The number of nitrogens with one attached hydrogen (secondary N) is 1. The van der Waals surface area contributed by atoms with Crippen molar-refractivity contribution in [2.24, 2.45) is 0 Å². The summed E-state index contributed by atoms with van der Waals surface area (Å²) in [7, 11) is 2.02. The van der Waals surface area contributed by atoms with Crippen LogP contribution in [-0.2, 0) is 4.74 Å². The van der Waals surface area contributed by atoms with Crippen molar-refractivity contribution >= 4 is 33.3 Å². The summed E-state index contributed by atoms with van der Waals surface area (Å²) in [5, 5.41) is 3.06. The lowest BCUT2D eigenvalue weighted by atomic mass is 10.1. The van der Waals surface area contributed by atoms with Gasteiger partial charge >= 0.3 is 6.03 Å². The Labute approximate surface area is 163 Å². The van der Waals surface area contributed by atoms with Crippen LogP contribution in [0.5, 0.6) is 0 Å². The molecular weight excluding hydrogens is 394 g/mol. The first kappa shape index (κ1) is 18.7. The third kappa shape index (κ3) is 4.37. The number of carbonyl (C=O) groups excluding carboxylic acids is 1. The quantitative estimate of drug-likeness (QED) is 0.795. The highest BCUT2D eigenvalue weighted by Gasteiger charge is 2.26. The van der Waals surface area contributed by atoms with Crippen LogP contribution in [0, 0.1) is 0 Å². The molecule has 1 atom stereocenters. The zero-order chi connectivity index (χ0) is 18.5. The van der Waals surface area contributed by atoms with Gasteiger partial charge in [-0.2, -0.15) is 0 Å². The topological polar surface area (TPSA) is 44.8 Å². The fourth-order valence-corrected chi connectivity index (χ4v) is 3.25. The number of urea groups is 1. The summed E-state index contributed by atoms with van der Waals surface area (Å²) in [4.78, 5) is 16.7. The van der Waals surface area contributed by atoms with E-state index < -0.39 is 0 Å². The van der Waals surface area contributed by atoms with Gasteiger partial charge < -0.3 is 19.9 Å². The van der Waals surface area contributed by atoms with Crippen molar-refractivity contribution in [2.75, 3.05) is 43.5 Å². The number of amides is 2. The highest BCUT2D eigenvalue weighted by molar-refractivity contribution is 9.10. The summed E-state index contributed by atoms with van der Waals surface area (Å²) in [5.74, 6) is 0. The first-order valence-electron chi connectivity index (χ1n) is 8.81. The Bertz CT molecular complexity index is 751. The number of morpholine rings is 1. The summed E-state index contributed by atoms with van der Waals surface area (Å²) < 4.78 is 6.90. The minimum absolute atomic E-state index is 0.0904. The number of hydrogen-bond acceptors (Lipinski definition) is 3. The average Bonchev–Trinajstić information content (AvgIpc) is 2.68. The van der Waals surface area contributed by atoms with Gasteiger partial charge in [-0.15, -0.1) is 0 Å². The van der Waals surface area contributed by atoms with E-state index in [0.29, 0.717) is 19.7 Å². The Hall–Kier alpha value is -2.05. The Kier molecular flexibility index (Phi) is 6.16. The van der Waals surface area contributed by atoms with E-state index in [4.69, 9.17) is 4.74 Å². The summed E-state index contributed by atoms with van der Waals surface area (Å²) >= 11 is 3.45. The van der Waals surface area contributed by atoms with E-state index in [1.165, 1.54) is 0 Å². The average molecular weight is 418 g/mol. The molecule has 1 heterocycles. The van der Waals surface area contributed by atoms with Crippen LogP contribution >= 0.6 is 15.9 Å². The lowest BCUT2D eigenvalue weighted by molar-refractivity contribution is -0.0135. The van der Waals surface area contributed by atoms with Crippen molar-refractivity contribution in [3.05, 3.63) is 58.6 Å². The lowest BCUT2D eigenvalue weighted by Gasteiger charge is -2.33. The zero-order valence-corrected chi connectivity index (χ0v) is 16.7. The van der Waals surface area contributed by atoms with Gasteiger partial charge in [0.05, 0.1) is 24.5 Å². The third-order valence-electron chi connectivity index (χ3n) is 4.63. The molecule has 1 aliphatic heterocycles. The number of rotatable bonds is 4. The van der Waals surface area contributed by atoms with E-state index in [9.17, 15) is 4.79 Å². The highest BCUT2D eigenvalue weighted by atomic mass is 79.9. The Morgan fingerprint density at radius 2 is 2.00 bits per heavy atom. The highest BCUT2D eigenvalue weighted by Crippen LogP contribution is 2.27. The van der Waals surface area contributed by atoms with E-state index in [0.717, 1.165) is 28.0 Å². The second kappa shape index (κ2) is 8.56. The summed E-state index contributed by atoms with van der Waals surface area (Å²) in [5.41, 5.74) is 2.92. The number of nitrogens with zero attached hydrogens (tertiary/aromatic N) is 2. The number of ether oxygens (including phenoxy) is 1. The SMILES string of the molecule is CCN(C)c1ccccc1NC(=O)N1CCOC(c2ccc(Br)cc2)C1. The molecule has 1 aliphatic rings. The van der Waals surface area contributed by atoms with Crippen LogP contribution in [0.4, 0.5) is 16.2 Å². The molecule has 2 aromatic carbocycles. The van der Waals surface area contributed by atoms with Gasteiger partial charge in [-0.3, -0.25) is 0 Å². The van der Waals surface area contributed by atoms with Gasteiger partial charge in [-0.25, -0.2) is 4.79 Å². The number of para-hydroxylation sites is 2. The van der Waals surface area contributed by atoms with E-state index in [1.54, 1.807) is 0 Å². The molecule has 138 valence electrons. The van der Waals surface area contributed by atoms with Crippen molar-refractivity contribution in [3.63, 3.8) is 0 Å². The molecule has 1 N–H and O–H groups in total. The summed E-state index contributed by atoms with van der Waals surface area (Å²) in [6, 6.07) is 15.8. The van der Waals surface area contributed by atoms with Gasteiger partial charge in [0.2, 0.25) is 0 Å². The Morgan fingerprint density at radius 1 is 1.27 bits per heavy atom. The van der Waals surface area contributed by atoms with Crippen LogP contribution in [-0.4, -0.2) is 44.2 Å². The van der Waals surface area contributed by atoms with E-state index in [1.807, 2.05) is 60.5 Å². The third-order valence-corrected chi connectivity index (χ3v) is 5.16. The molecule has 2 aromatic rings. The zero-order valence-electron chi connectivity index (χ0n) is 15.1. The van der Waals surface area contributed by atoms with Gasteiger partial charge in [-0.1, -0.05) is 40.2 Å². The van der Waals surface area contributed by atoms with Crippen molar-refractivity contribution in [2.45, 2.75) is 13.0 Å². The molecule has 0 aromatic heterocycles. The summed E-state index contributed by atoms with van der Waals surface area (Å²) in [6.45, 7) is 4.62. The molecule has 0 aliphatic carbocycles. The van der Waals surface area contributed by atoms with Crippen molar-refractivity contribution in [1.82, 2.24) is 4.90 Å². The van der Waals surface area contributed by atoms with Crippen LogP contribution in [0.25, 0.3) is 0 Å². The normalized spacial score (nSPS) is 17.0. The monoisotopic (exact) mass is 417 g/mol. The fourth-order valence-electron chi connectivity index (χ4n) is 2.99. The van der Waals surface area contributed by atoms with Crippen LogP contribution in [0.2, 0.25) is 0 Å². The minimum atomic E-state index is -0.101. The Balaban J connectivity index is 1.69. The maximum atomic E-state index is 12.8. The van der Waals surface area contributed by atoms with Crippen molar-refractivity contribution in [3.8, 4) is 0 Å². The number of hydrogen-bond donors (Lipinski definition) is 1. The molecule has 1 saturated heterocycles. The van der Waals surface area contributed by atoms with Crippen LogP contribution in [0.3, 0.4) is 0 Å². The van der Waals surface area contributed by atoms with E-state index >= 15 is 0 Å². The van der Waals surface area contributed by atoms with Gasteiger partial charge in [0.25, 0.3) is 0 Å². The molecule has 6 heteroatoms. The molecular formula is C20H24BrN3O2. The Morgan fingerprint density at radius 3 is 2.73 bits per heavy atom. The van der Waals surface area contributed by atoms with Crippen LogP contribution in [0.15, 0.2) is 53.0 Å². The molecule has 0 bridgehead atoms. The van der Waals surface area contributed by atoms with Gasteiger partial charge in [-0.05, 0) is 36.8 Å². The smallest absolute Gasteiger partial charge is 0.322 e. The van der Waals surface area contributed by atoms with Gasteiger partial charge in [0.1, 0.15) is 6.10 Å². The molecule has 0 spiro atoms. The standard InChI is InChI=1S/C20H24BrN3O2/c1-3-23(2)18-7-5-4-6-17(18)22-20(25)24-12-13-26-19(14-24)15-8-10-16(21)11-9-15/h4-11,19H,3,12-14H2,1-2H3,(H,22,25). The largest absolute Gasteiger partial charge is 0.373 e. The minimum Gasteiger partial charge on any atom is -0.373 e. The second-order valence-electron chi connectivity index (χ2n) is 6.32. The van der Waals surface area contributed by atoms with Gasteiger partial charge in [0, 0.05) is 24.6 Å². The predicted molar refractivity (Wildman–Crippen MR) is 109 cm³/mol. The van der Waals surface area contributed by atoms with Crippen molar-refractivity contribution < 1.29 is 9.53 Å². The van der Waals surface area contributed by atoms with Gasteiger partial charge in [0.15, 0.2) is 0 Å². The number of benzene rings is 2. The first-order valence-corrected chi connectivity index (χ1v) is 9.61. The molecule has 26 heavy (non-hydrogen) atoms. The van der Waals surface area contributed by atoms with E-state index in [2.05, 4.69) is 33.1 Å². The molecule has 2 amide bonds. The molecule has 1 fully saturated rings. The van der Waals surface area contributed by atoms with Crippen LogP contribution in [0.1, 0.15) is 18.6 Å². The second-order valence-corrected chi connectivity index (χ2v) is 7.23. The molecule has 5 nitrogen and oxygen atoms in total. The molecule has 0 radical (unpaired) electrons. The maximum absolute atomic E-state index is 12.8. The van der Waals surface area contributed by atoms with E-state index in [-0.39, 0.29) is 12.1 Å².